The van der Waals surface area contributed by atoms with Crippen LogP contribution in [0.5, 0.6) is 0 Å². The van der Waals surface area contributed by atoms with E-state index in [0.29, 0.717) is 5.92 Å². The van der Waals surface area contributed by atoms with E-state index in [4.69, 9.17) is 0 Å². The molecule has 94 valence electrons. The van der Waals surface area contributed by atoms with Crippen molar-refractivity contribution in [2.75, 3.05) is 18.5 Å². The van der Waals surface area contributed by atoms with Gasteiger partial charge in [0.15, 0.2) is 11.4 Å². The third-order valence-corrected chi connectivity index (χ3v) is 4.28. The lowest BCUT2D eigenvalue weighted by atomic mass is 10.2. The number of unbranched alkanes of at least 4 members (excludes halogenated alkanes) is 2. The first-order valence-corrected chi connectivity index (χ1v) is 7.25. The fraction of sp³-hybridized carbons (Fsp3) is 0.692. The van der Waals surface area contributed by atoms with Crippen molar-refractivity contribution >= 4 is 22.8 Å². The van der Waals surface area contributed by atoms with Crippen molar-refractivity contribution < 1.29 is 4.79 Å². The second-order valence-electron chi connectivity index (χ2n) is 4.77. The van der Waals surface area contributed by atoms with Crippen molar-refractivity contribution in [3.8, 4) is 0 Å². The number of carbonyl (C=O) groups excluding carboxylic acids is 1. The monoisotopic (exact) mass is 252 g/mol. The summed E-state index contributed by atoms with van der Waals surface area (Å²) in [4.78, 5) is 18.7. The van der Waals surface area contributed by atoms with Gasteiger partial charge in [0, 0.05) is 19.5 Å². The maximum Gasteiger partial charge on any atom is 0.185 e. The number of carbonyl (C=O) groups is 1. The fourth-order valence-corrected chi connectivity index (χ4v) is 2.88. The Labute approximate surface area is 107 Å². The van der Waals surface area contributed by atoms with Gasteiger partial charge >= 0.3 is 0 Å². The highest BCUT2D eigenvalue weighted by Gasteiger charge is 2.30. The Morgan fingerprint density at radius 1 is 1.47 bits per heavy atom. The summed E-state index contributed by atoms with van der Waals surface area (Å²) in [5.41, 5.74) is 1.04. The number of thiazole rings is 1. The number of aldehydes is 1. The molecule has 0 unspecified atom stereocenters. The van der Waals surface area contributed by atoms with E-state index >= 15 is 0 Å². The molecule has 0 bridgehead atoms. The summed E-state index contributed by atoms with van der Waals surface area (Å²) in [7, 11) is 2.07. The largest absolute Gasteiger partial charge is 0.351 e. The van der Waals surface area contributed by atoms with Gasteiger partial charge < -0.3 is 4.90 Å². The van der Waals surface area contributed by atoms with Crippen LogP contribution in [-0.4, -0.2) is 24.9 Å². The molecule has 0 radical (unpaired) electrons. The van der Waals surface area contributed by atoms with Crippen LogP contribution in [0.25, 0.3) is 0 Å². The molecule has 0 amide bonds. The maximum atomic E-state index is 11.0. The first-order chi connectivity index (χ1) is 8.26. The van der Waals surface area contributed by atoms with Gasteiger partial charge in [-0.05, 0) is 19.3 Å². The van der Waals surface area contributed by atoms with E-state index in [1.807, 2.05) is 0 Å². The fourth-order valence-electron chi connectivity index (χ4n) is 1.92. The molecular formula is C13H20N2OS. The summed E-state index contributed by atoms with van der Waals surface area (Å²) in [6.45, 7) is 3.24. The van der Waals surface area contributed by atoms with Gasteiger partial charge in [0.2, 0.25) is 0 Å². The van der Waals surface area contributed by atoms with Gasteiger partial charge in [-0.3, -0.25) is 4.79 Å². The summed E-state index contributed by atoms with van der Waals surface area (Å²) >= 11 is 1.54. The highest BCUT2D eigenvalue weighted by atomic mass is 32.1. The molecule has 0 spiro atoms. The van der Waals surface area contributed by atoms with Gasteiger partial charge in [0.1, 0.15) is 0 Å². The molecule has 1 aromatic rings. The molecule has 0 aromatic carbocycles. The molecule has 2 rings (SSSR count). The zero-order valence-corrected chi connectivity index (χ0v) is 11.4. The van der Waals surface area contributed by atoms with Gasteiger partial charge in [0.05, 0.1) is 10.6 Å². The Bertz CT molecular complexity index is 385. The Balaban J connectivity index is 2.02. The van der Waals surface area contributed by atoms with Crippen molar-refractivity contribution in [1.82, 2.24) is 4.98 Å². The average Bonchev–Trinajstić information content (AvgIpc) is 3.08. The van der Waals surface area contributed by atoms with Gasteiger partial charge in [0.25, 0.3) is 0 Å². The lowest BCUT2D eigenvalue weighted by Gasteiger charge is -2.14. The predicted octanol–water partition coefficient (Wildman–Crippen LogP) is 3.46. The van der Waals surface area contributed by atoms with Crippen molar-refractivity contribution in [3.63, 3.8) is 0 Å². The van der Waals surface area contributed by atoms with Crippen LogP contribution >= 0.6 is 11.3 Å². The Morgan fingerprint density at radius 2 is 2.24 bits per heavy atom. The van der Waals surface area contributed by atoms with Gasteiger partial charge in [-0.25, -0.2) is 4.98 Å². The molecule has 4 heteroatoms. The lowest BCUT2D eigenvalue weighted by Crippen LogP contribution is -2.18. The number of hydrogen-bond acceptors (Lipinski definition) is 4. The topological polar surface area (TPSA) is 33.2 Å². The second kappa shape index (κ2) is 5.63. The van der Waals surface area contributed by atoms with Crippen LogP contribution in [0.15, 0.2) is 0 Å². The van der Waals surface area contributed by atoms with Gasteiger partial charge in [-0.15, -0.1) is 0 Å². The molecule has 1 saturated carbocycles. The third-order valence-electron chi connectivity index (χ3n) is 3.16. The predicted molar refractivity (Wildman–Crippen MR) is 72.3 cm³/mol. The minimum Gasteiger partial charge on any atom is -0.351 e. The van der Waals surface area contributed by atoms with E-state index in [1.165, 1.54) is 32.1 Å². The van der Waals surface area contributed by atoms with E-state index in [0.717, 1.165) is 28.5 Å². The molecule has 1 aliphatic carbocycles. The summed E-state index contributed by atoms with van der Waals surface area (Å²) < 4.78 is 0. The molecular weight excluding hydrogens is 232 g/mol. The zero-order valence-electron chi connectivity index (χ0n) is 10.6. The van der Waals surface area contributed by atoms with Crippen LogP contribution in [0.2, 0.25) is 0 Å². The molecule has 3 nitrogen and oxygen atoms in total. The van der Waals surface area contributed by atoms with Crippen molar-refractivity contribution in [2.45, 2.75) is 44.9 Å². The zero-order chi connectivity index (χ0) is 12.3. The SMILES string of the molecule is CCCCCN(C)c1nc(C2CC2)c(C=O)s1. The molecule has 0 saturated heterocycles. The van der Waals surface area contributed by atoms with Crippen LogP contribution in [0.3, 0.4) is 0 Å². The smallest absolute Gasteiger partial charge is 0.185 e. The van der Waals surface area contributed by atoms with E-state index in [9.17, 15) is 4.79 Å². The quantitative estimate of drug-likeness (QED) is 0.550. The summed E-state index contributed by atoms with van der Waals surface area (Å²) in [5, 5.41) is 1.00. The van der Waals surface area contributed by atoms with E-state index in [2.05, 4.69) is 23.9 Å². The summed E-state index contributed by atoms with van der Waals surface area (Å²) in [5.74, 6) is 0.559. The first kappa shape index (κ1) is 12.6. The standard InChI is InChI=1S/C13H20N2OS/c1-3-4-5-8-15(2)13-14-12(10-6-7-10)11(9-16)17-13/h9-10H,3-8H2,1-2H3. The van der Waals surface area contributed by atoms with E-state index in [1.54, 1.807) is 11.3 Å². The van der Waals surface area contributed by atoms with Gasteiger partial charge in [-0.2, -0.15) is 0 Å². The lowest BCUT2D eigenvalue weighted by molar-refractivity contribution is 0.112. The van der Waals surface area contributed by atoms with Crippen molar-refractivity contribution in [3.05, 3.63) is 10.6 Å². The minimum absolute atomic E-state index is 0.559. The van der Waals surface area contributed by atoms with Crippen molar-refractivity contribution in [2.24, 2.45) is 0 Å². The molecule has 17 heavy (non-hydrogen) atoms. The number of anilines is 1. The molecule has 1 heterocycles. The molecule has 1 fully saturated rings. The number of aromatic nitrogens is 1. The summed E-state index contributed by atoms with van der Waals surface area (Å²) in [6.07, 6.45) is 7.05. The van der Waals surface area contributed by atoms with Crippen molar-refractivity contribution in [1.29, 1.82) is 0 Å². The average molecular weight is 252 g/mol. The van der Waals surface area contributed by atoms with Crippen LogP contribution < -0.4 is 4.90 Å². The Kier molecular flexibility index (Phi) is 4.15. The van der Waals surface area contributed by atoms with Crippen LogP contribution in [-0.2, 0) is 0 Å². The number of rotatable bonds is 7. The molecule has 0 aliphatic heterocycles. The maximum absolute atomic E-state index is 11.0. The molecule has 0 N–H and O–H groups in total. The van der Waals surface area contributed by atoms with E-state index in [-0.39, 0.29) is 0 Å². The third kappa shape index (κ3) is 3.06. The van der Waals surface area contributed by atoms with Gasteiger partial charge in [-0.1, -0.05) is 31.1 Å². The number of hydrogen-bond donors (Lipinski definition) is 0. The highest BCUT2D eigenvalue weighted by Crippen LogP contribution is 2.43. The molecule has 0 atom stereocenters. The minimum atomic E-state index is 0.559. The summed E-state index contributed by atoms with van der Waals surface area (Å²) in [6, 6.07) is 0. The van der Waals surface area contributed by atoms with E-state index < -0.39 is 0 Å². The Hall–Kier alpha value is -0.900. The normalized spacial score (nSPS) is 14.9. The Morgan fingerprint density at radius 3 is 2.82 bits per heavy atom. The molecule has 1 aromatic heterocycles. The van der Waals surface area contributed by atoms with Crippen LogP contribution in [0.4, 0.5) is 5.13 Å². The van der Waals surface area contributed by atoms with Crippen LogP contribution in [0, 0.1) is 0 Å². The highest BCUT2D eigenvalue weighted by molar-refractivity contribution is 7.17. The van der Waals surface area contributed by atoms with Crippen LogP contribution in [0.1, 0.15) is 60.3 Å². The molecule has 1 aliphatic rings. The second-order valence-corrected chi connectivity index (χ2v) is 5.78. The first-order valence-electron chi connectivity index (χ1n) is 6.43. The number of nitrogens with zero attached hydrogens (tertiary/aromatic N) is 2.